The van der Waals surface area contributed by atoms with Gasteiger partial charge in [-0.15, -0.1) is 0 Å². The van der Waals surface area contributed by atoms with Gasteiger partial charge in [0.1, 0.15) is 5.82 Å². The molecule has 28 heavy (non-hydrogen) atoms. The number of carbonyl (C=O) groups is 1. The third kappa shape index (κ3) is 3.51. The van der Waals surface area contributed by atoms with Crippen molar-refractivity contribution in [2.75, 3.05) is 19.6 Å². The highest BCUT2D eigenvalue weighted by molar-refractivity contribution is 5.93. The number of hydrogen-bond acceptors (Lipinski definition) is 4. The predicted molar refractivity (Wildman–Crippen MR) is 92.1 cm³/mol. The molecule has 1 spiro atoms. The van der Waals surface area contributed by atoms with Crippen LogP contribution in [0.1, 0.15) is 47.2 Å². The van der Waals surface area contributed by atoms with Gasteiger partial charge in [0.2, 0.25) is 0 Å². The highest BCUT2D eigenvalue weighted by Gasteiger charge is 2.51. The van der Waals surface area contributed by atoms with Crippen LogP contribution in [-0.2, 0) is 13.0 Å². The summed E-state index contributed by atoms with van der Waals surface area (Å²) in [6.45, 7) is 1.29. The minimum atomic E-state index is -4.25. The lowest BCUT2D eigenvalue weighted by molar-refractivity contribution is -0.258. The Labute approximate surface area is 160 Å². The summed E-state index contributed by atoms with van der Waals surface area (Å²) in [5.74, 6) is -1.21. The maximum absolute atomic E-state index is 14.5. The van der Waals surface area contributed by atoms with Crippen LogP contribution in [0.3, 0.4) is 0 Å². The lowest BCUT2D eigenvalue weighted by Gasteiger charge is -2.56. The molecule has 1 aliphatic carbocycles. The van der Waals surface area contributed by atoms with Gasteiger partial charge in [-0.2, -0.15) is 13.2 Å². The number of carbonyl (C=O) groups excluding carboxylic acids is 1. The van der Waals surface area contributed by atoms with E-state index in [0.29, 0.717) is 36.3 Å². The van der Waals surface area contributed by atoms with Gasteiger partial charge in [0.05, 0.1) is 0 Å². The van der Waals surface area contributed by atoms with Crippen molar-refractivity contribution in [3.8, 4) is 0 Å². The molecule has 3 aliphatic rings. The fraction of sp³-hybridized carbons (Fsp3) is 0.632. The number of benzene rings is 1. The number of fused-ring (bicyclic) bond motifs is 1. The lowest BCUT2D eigenvalue weighted by atomic mass is 9.60. The SMILES string of the molecule is O=C(NO)c1cc(F)c2c(c1)CCN(C1CC3(CCN(C(F)(F)F)CC3)C1)C2. The van der Waals surface area contributed by atoms with Gasteiger partial charge in [0.15, 0.2) is 0 Å². The number of halogens is 4. The molecule has 2 heterocycles. The third-order valence-corrected chi connectivity index (χ3v) is 6.72. The van der Waals surface area contributed by atoms with Crippen LogP contribution < -0.4 is 5.48 Å². The molecule has 0 atom stereocenters. The highest BCUT2D eigenvalue weighted by Crippen LogP contribution is 2.52. The highest BCUT2D eigenvalue weighted by atomic mass is 19.4. The van der Waals surface area contributed by atoms with Crippen LogP contribution in [0.25, 0.3) is 0 Å². The molecule has 154 valence electrons. The molecule has 1 aromatic rings. The number of amides is 1. The zero-order valence-corrected chi connectivity index (χ0v) is 15.4. The van der Waals surface area contributed by atoms with Crippen molar-refractivity contribution >= 4 is 5.91 Å². The zero-order chi connectivity index (χ0) is 20.1. The monoisotopic (exact) mass is 401 g/mol. The third-order valence-electron chi connectivity index (χ3n) is 6.72. The van der Waals surface area contributed by atoms with E-state index in [2.05, 4.69) is 4.90 Å². The fourth-order valence-electron chi connectivity index (χ4n) is 4.99. The number of piperidine rings is 1. The number of nitrogens with zero attached hydrogens (tertiary/aromatic N) is 2. The molecule has 9 heteroatoms. The van der Waals surface area contributed by atoms with E-state index in [1.807, 2.05) is 0 Å². The molecule has 0 radical (unpaired) electrons. The summed E-state index contributed by atoms with van der Waals surface area (Å²) in [4.78, 5) is 14.3. The second-order valence-electron chi connectivity index (χ2n) is 8.27. The summed E-state index contributed by atoms with van der Waals surface area (Å²) in [6, 6.07) is 3.00. The minimum absolute atomic E-state index is 0.00564. The van der Waals surface area contributed by atoms with Crippen LogP contribution in [0, 0.1) is 11.2 Å². The average Bonchev–Trinajstić information content (AvgIpc) is 2.64. The number of alkyl halides is 3. The average molecular weight is 401 g/mol. The standard InChI is InChI=1S/C19H23F4N3O2/c20-16-8-13(17(27)24-28)7-12-1-4-25(11-15(12)16)14-9-18(10-14)2-5-26(6-3-18)19(21,22)23/h7-8,14,28H,1-6,9-11H2,(H,24,27). The Kier molecular flexibility index (Phi) is 4.87. The van der Waals surface area contributed by atoms with E-state index in [1.165, 1.54) is 5.48 Å². The first-order chi connectivity index (χ1) is 13.2. The molecule has 0 aromatic heterocycles. The van der Waals surface area contributed by atoms with E-state index in [4.69, 9.17) is 5.21 Å². The van der Waals surface area contributed by atoms with Gasteiger partial charge in [0, 0.05) is 43.3 Å². The van der Waals surface area contributed by atoms with Crippen LogP contribution in [0.4, 0.5) is 17.6 Å². The number of rotatable bonds is 2. The van der Waals surface area contributed by atoms with E-state index in [9.17, 15) is 22.4 Å². The van der Waals surface area contributed by atoms with E-state index in [0.717, 1.165) is 31.0 Å². The van der Waals surface area contributed by atoms with Gasteiger partial charge >= 0.3 is 6.30 Å². The molecule has 2 aliphatic heterocycles. The normalized spacial score (nSPS) is 23.3. The maximum atomic E-state index is 14.5. The first kappa shape index (κ1) is 19.6. The van der Waals surface area contributed by atoms with Crippen molar-refractivity contribution in [2.45, 2.75) is 51.0 Å². The van der Waals surface area contributed by atoms with Crippen LogP contribution in [0.2, 0.25) is 0 Å². The summed E-state index contributed by atoms with van der Waals surface area (Å²) in [5, 5.41) is 8.72. The maximum Gasteiger partial charge on any atom is 0.459 e. The van der Waals surface area contributed by atoms with Gasteiger partial charge in [-0.3, -0.25) is 14.9 Å². The Hall–Kier alpha value is -1.71. The molecule has 1 aromatic carbocycles. The van der Waals surface area contributed by atoms with Crippen molar-refractivity contribution in [3.05, 3.63) is 34.6 Å². The van der Waals surface area contributed by atoms with E-state index in [-0.39, 0.29) is 30.1 Å². The van der Waals surface area contributed by atoms with E-state index < -0.39 is 18.0 Å². The smallest absolute Gasteiger partial charge is 0.296 e. The van der Waals surface area contributed by atoms with Crippen LogP contribution in [0.15, 0.2) is 12.1 Å². The van der Waals surface area contributed by atoms with E-state index >= 15 is 0 Å². The zero-order valence-electron chi connectivity index (χ0n) is 15.4. The summed E-state index contributed by atoms with van der Waals surface area (Å²) in [7, 11) is 0. The predicted octanol–water partition coefficient (Wildman–Crippen LogP) is 3.07. The molecule has 4 rings (SSSR count). The lowest BCUT2D eigenvalue weighted by Crippen LogP contribution is -2.57. The van der Waals surface area contributed by atoms with Gasteiger partial charge in [-0.25, -0.2) is 14.8 Å². The van der Waals surface area contributed by atoms with Gasteiger partial charge < -0.3 is 0 Å². The number of nitrogens with one attached hydrogen (secondary N) is 1. The van der Waals surface area contributed by atoms with Crippen molar-refractivity contribution < 1.29 is 27.6 Å². The topological polar surface area (TPSA) is 55.8 Å². The quantitative estimate of drug-likeness (QED) is 0.346. The molecule has 1 saturated heterocycles. The summed E-state index contributed by atoms with van der Waals surface area (Å²) < 4.78 is 52.9. The summed E-state index contributed by atoms with van der Waals surface area (Å²) in [6.07, 6.45) is -0.807. The number of hydrogen-bond donors (Lipinski definition) is 2. The molecule has 5 nitrogen and oxygen atoms in total. The van der Waals surface area contributed by atoms with Crippen molar-refractivity contribution in [1.82, 2.24) is 15.3 Å². The van der Waals surface area contributed by atoms with Gasteiger partial charge in [-0.1, -0.05) is 0 Å². The largest absolute Gasteiger partial charge is 0.459 e. The van der Waals surface area contributed by atoms with Crippen LogP contribution in [-0.4, -0.2) is 52.9 Å². The second kappa shape index (κ2) is 6.96. The Morgan fingerprint density at radius 1 is 1.18 bits per heavy atom. The summed E-state index contributed by atoms with van der Waals surface area (Å²) >= 11 is 0. The number of likely N-dealkylation sites (tertiary alicyclic amines) is 1. The molecule has 0 unspecified atom stereocenters. The molecular formula is C19H23F4N3O2. The first-order valence-electron chi connectivity index (χ1n) is 9.52. The molecule has 1 amide bonds. The van der Waals surface area contributed by atoms with Gasteiger partial charge in [0.25, 0.3) is 5.91 Å². The Balaban J connectivity index is 1.37. The molecule has 0 bridgehead atoms. The minimum Gasteiger partial charge on any atom is -0.296 e. The number of hydroxylamine groups is 1. The summed E-state index contributed by atoms with van der Waals surface area (Å²) in [5.41, 5.74) is 2.93. The molecule has 2 N–H and O–H groups in total. The fourth-order valence-corrected chi connectivity index (χ4v) is 4.99. The van der Waals surface area contributed by atoms with Crippen molar-refractivity contribution in [2.24, 2.45) is 5.41 Å². The Morgan fingerprint density at radius 3 is 2.46 bits per heavy atom. The van der Waals surface area contributed by atoms with Crippen molar-refractivity contribution in [1.29, 1.82) is 0 Å². The molecule has 2 fully saturated rings. The second-order valence-corrected chi connectivity index (χ2v) is 8.27. The Morgan fingerprint density at radius 2 is 1.86 bits per heavy atom. The van der Waals surface area contributed by atoms with E-state index in [1.54, 1.807) is 6.07 Å². The molecular weight excluding hydrogens is 378 g/mol. The molecule has 1 saturated carbocycles. The Bertz CT molecular complexity index is 767. The van der Waals surface area contributed by atoms with Crippen LogP contribution in [0.5, 0.6) is 0 Å². The van der Waals surface area contributed by atoms with Crippen molar-refractivity contribution in [3.63, 3.8) is 0 Å². The van der Waals surface area contributed by atoms with Crippen LogP contribution >= 0.6 is 0 Å². The first-order valence-corrected chi connectivity index (χ1v) is 9.52. The van der Waals surface area contributed by atoms with Gasteiger partial charge in [-0.05, 0) is 55.2 Å².